The number of piperidine rings is 1. The van der Waals surface area contributed by atoms with Crippen LogP contribution in [0.4, 0.5) is 0 Å². The third kappa shape index (κ3) is 3.22. The van der Waals surface area contributed by atoms with Crippen LogP contribution >= 0.6 is 11.6 Å². The summed E-state index contributed by atoms with van der Waals surface area (Å²) in [4.78, 5) is 29.4. The monoisotopic (exact) mass is 364 g/mol. The van der Waals surface area contributed by atoms with E-state index in [0.29, 0.717) is 29.5 Å². The van der Waals surface area contributed by atoms with Crippen molar-refractivity contribution >= 4 is 23.4 Å². The topological polar surface area (TPSA) is 49.9 Å². The molecule has 1 aromatic rings. The summed E-state index contributed by atoms with van der Waals surface area (Å²) in [5, 5.41) is 0.430. The molecule has 0 aliphatic carbocycles. The van der Waals surface area contributed by atoms with Gasteiger partial charge in [0.05, 0.1) is 11.6 Å². The van der Waals surface area contributed by atoms with E-state index in [1.165, 1.54) is 0 Å². The predicted octanol–water partition coefficient (Wildman–Crippen LogP) is 3.36. The van der Waals surface area contributed by atoms with Crippen molar-refractivity contribution in [2.75, 3.05) is 26.7 Å². The van der Waals surface area contributed by atoms with Crippen molar-refractivity contribution in [1.29, 1.82) is 0 Å². The number of carbonyl (C=O) groups excluding carboxylic acids is 2. The molecule has 1 aromatic carbocycles. The van der Waals surface area contributed by atoms with E-state index in [-0.39, 0.29) is 11.8 Å². The SMILES string of the molecule is CCCOc1ccc(C(=O)N2CCCC23CCCN(C)C3=O)cc1Cl. The molecule has 2 amide bonds. The van der Waals surface area contributed by atoms with Gasteiger partial charge in [-0.3, -0.25) is 9.59 Å². The van der Waals surface area contributed by atoms with Gasteiger partial charge in [-0.25, -0.2) is 0 Å². The molecule has 6 heteroatoms. The standard InChI is InChI=1S/C19H25ClN2O3/c1-3-12-25-16-7-6-14(13-15(16)20)17(23)22-11-5-9-19(22)8-4-10-21(2)18(19)24/h6-7,13H,3-5,8-12H2,1-2H3. The number of likely N-dealkylation sites (tertiary alicyclic amines) is 2. The fraction of sp³-hybridized carbons (Fsp3) is 0.579. The summed E-state index contributed by atoms with van der Waals surface area (Å²) in [6.07, 6.45) is 4.16. The molecule has 0 bridgehead atoms. The van der Waals surface area contributed by atoms with E-state index in [9.17, 15) is 9.59 Å². The normalized spacial score (nSPS) is 23.4. The molecule has 2 heterocycles. The van der Waals surface area contributed by atoms with Gasteiger partial charge in [0.2, 0.25) is 5.91 Å². The Morgan fingerprint density at radius 1 is 1.28 bits per heavy atom. The summed E-state index contributed by atoms with van der Waals surface area (Å²) in [6.45, 7) is 3.99. The Kier molecular flexibility index (Phi) is 5.23. The van der Waals surface area contributed by atoms with Crippen molar-refractivity contribution in [2.24, 2.45) is 0 Å². The lowest BCUT2D eigenvalue weighted by atomic mass is 9.85. The number of ether oxygens (including phenoxy) is 1. The van der Waals surface area contributed by atoms with Crippen molar-refractivity contribution in [3.8, 4) is 5.75 Å². The Balaban J connectivity index is 1.85. The van der Waals surface area contributed by atoms with E-state index in [1.807, 2.05) is 14.0 Å². The van der Waals surface area contributed by atoms with E-state index < -0.39 is 5.54 Å². The predicted molar refractivity (Wildman–Crippen MR) is 97.1 cm³/mol. The quantitative estimate of drug-likeness (QED) is 0.823. The molecule has 2 aliphatic rings. The molecule has 1 spiro atoms. The van der Waals surface area contributed by atoms with Crippen molar-refractivity contribution in [3.63, 3.8) is 0 Å². The summed E-state index contributed by atoms with van der Waals surface area (Å²) in [5.74, 6) is 0.536. The molecule has 136 valence electrons. The lowest BCUT2D eigenvalue weighted by Crippen LogP contribution is -2.60. The number of hydrogen-bond donors (Lipinski definition) is 0. The summed E-state index contributed by atoms with van der Waals surface area (Å²) in [6, 6.07) is 5.13. The summed E-state index contributed by atoms with van der Waals surface area (Å²) in [7, 11) is 1.82. The van der Waals surface area contributed by atoms with Crippen LogP contribution in [0.1, 0.15) is 49.4 Å². The van der Waals surface area contributed by atoms with Gasteiger partial charge in [-0.05, 0) is 50.3 Å². The lowest BCUT2D eigenvalue weighted by molar-refractivity contribution is -0.144. The second kappa shape index (κ2) is 7.24. The first-order chi connectivity index (χ1) is 12.0. The Morgan fingerprint density at radius 2 is 2.00 bits per heavy atom. The van der Waals surface area contributed by atoms with Gasteiger partial charge in [0.25, 0.3) is 5.91 Å². The van der Waals surface area contributed by atoms with E-state index in [4.69, 9.17) is 16.3 Å². The van der Waals surface area contributed by atoms with Gasteiger partial charge in [-0.15, -0.1) is 0 Å². The van der Waals surface area contributed by atoms with Crippen LogP contribution < -0.4 is 4.74 Å². The molecule has 2 fully saturated rings. The van der Waals surface area contributed by atoms with Crippen molar-refractivity contribution in [2.45, 2.75) is 44.6 Å². The Bertz CT molecular complexity index is 679. The average molecular weight is 365 g/mol. The number of carbonyl (C=O) groups is 2. The second-order valence-corrected chi connectivity index (χ2v) is 7.32. The molecule has 2 aliphatic heterocycles. The highest BCUT2D eigenvalue weighted by atomic mass is 35.5. The van der Waals surface area contributed by atoms with Crippen molar-refractivity contribution in [3.05, 3.63) is 28.8 Å². The van der Waals surface area contributed by atoms with E-state index in [0.717, 1.165) is 38.6 Å². The zero-order valence-electron chi connectivity index (χ0n) is 14.9. The van der Waals surface area contributed by atoms with Gasteiger partial charge < -0.3 is 14.5 Å². The van der Waals surface area contributed by atoms with Gasteiger partial charge >= 0.3 is 0 Å². The third-order valence-corrected chi connectivity index (χ3v) is 5.50. The van der Waals surface area contributed by atoms with Gasteiger partial charge in [0.15, 0.2) is 0 Å². The highest BCUT2D eigenvalue weighted by Crippen LogP contribution is 2.39. The van der Waals surface area contributed by atoms with Crippen molar-refractivity contribution < 1.29 is 14.3 Å². The number of amides is 2. The highest BCUT2D eigenvalue weighted by molar-refractivity contribution is 6.32. The maximum Gasteiger partial charge on any atom is 0.254 e. The van der Waals surface area contributed by atoms with Crippen LogP contribution in [0.25, 0.3) is 0 Å². The number of hydrogen-bond acceptors (Lipinski definition) is 3. The molecule has 0 N–H and O–H groups in total. The zero-order chi connectivity index (χ0) is 18.0. The largest absolute Gasteiger partial charge is 0.492 e. The summed E-state index contributed by atoms with van der Waals surface area (Å²) < 4.78 is 5.57. The molecule has 3 rings (SSSR count). The fourth-order valence-electron chi connectivity index (χ4n) is 3.95. The van der Waals surface area contributed by atoms with E-state index in [1.54, 1.807) is 28.0 Å². The maximum atomic E-state index is 13.1. The van der Waals surface area contributed by atoms with Crippen LogP contribution in [-0.4, -0.2) is 53.9 Å². The lowest BCUT2D eigenvalue weighted by Gasteiger charge is -2.43. The number of nitrogens with zero attached hydrogens (tertiary/aromatic N) is 2. The maximum absolute atomic E-state index is 13.1. The average Bonchev–Trinajstić information content (AvgIpc) is 3.02. The van der Waals surface area contributed by atoms with Crippen LogP contribution in [0, 0.1) is 0 Å². The molecule has 5 nitrogen and oxygen atoms in total. The van der Waals surface area contributed by atoms with Crippen LogP contribution in [0.15, 0.2) is 18.2 Å². The molecule has 1 unspecified atom stereocenters. The molecule has 1 atom stereocenters. The number of rotatable bonds is 4. The third-order valence-electron chi connectivity index (χ3n) is 5.20. The minimum Gasteiger partial charge on any atom is -0.492 e. The summed E-state index contributed by atoms with van der Waals surface area (Å²) in [5.41, 5.74) is -0.162. The van der Waals surface area contributed by atoms with Gasteiger partial charge in [-0.1, -0.05) is 18.5 Å². The Hall–Kier alpha value is -1.75. The van der Waals surface area contributed by atoms with Crippen molar-refractivity contribution in [1.82, 2.24) is 9.80 Å². The Labute approximate surface area is 153 Å². The summed E-state index contributed by atoms with van der Waals surface area (Å²) >= 11 is 6.27. The highest BCUT2D eigenvalue weighted by Gasteiger charge is 2.52. The number of likely N-dealkylation sites (N-methyl/N-ethyl adjacent to an activating group) is 1. The van der Waals surface area contributed by atoms with Gasteiger partial charge in [-0.2, -0.15) is 0 Å². The minimum atomic E-state index is -0.673. The first-order valence-electron chi connectivity index (χ1n) is 8.99. The molecule has 25 heavy (non-hydrogen) atoms. The molecule has 0 aromatic heterocycles. The molecule has 2 saturated heterocycles. The van der Waals surface area contributed by atoms with E-state index in [2.05, 4.69) is 0 Å². The second-order valence-electron chi connectivity index (χ2n) is 6.92. The molecular formula is C19H25ClN2O3. The van der Waals surface area contributed by atoms with Crippen LogP contribution in [0.3, 0.4) is 0 Å². The van der Waals surface area contributed by atoms with Crippen LogP contribution in [0.2, 0.25) is 5.02 Å². The minimum absolute atomic E-state index is 0.0681. The van der Waals surface area contributed by atoms with Crippen LogP contribution in [-0.2, 0) is 4.79 Å². The van der Waals surface area contributed by atoms with Gasteiger partial charge in [0.1, 0.15) is 11.3 Å². The molecular weight excluding hydrogens is 340 g/mol. The van der Waals surface area contributed by atoms with E-state index >= 15 is 0 Å². The first kappa shape index (κ1) is 18.1. The zero-order valence-corrected chi connectivity index (χ0v) is 15.6. The smallest absolute Gasteiger partial charge is 0.254 e. The fourth-order valence-corrected chi connectivity index (χ4v) is 4.18. The van der Waals surface area contributed by atoms with Crippen LogP contribution in [0.5, 0.6) is 5.75 Å². The first-order valence-corrected chi connectivity index (χ1v) is 9.37. The number of benzene rings is 1. The van der Waals surface area contributed by atoms with Gasteiger partial charge in [0, 0.05) is 25.7 Å². The number of halogens is 1. The molecule has 0 radical (unpaired) electrons. The Morgan fingerprint density at radius 3 is 2.68 bits per heavy atom. The molecule has 0 saturated carbocycles.